The van der Waals surface area contributed by atoms with Gasteiger partial charge in [-0.1, -0.05) is 26.7 Å². The zero-order valence-corrected chi connectivity index (χ0v) is 14.4. The van der Waals surface area contributed by atoms with E-state index < -0.39 is 5.97 Å². The van der Waals surface area contributed by atoms with Crippen molar-refractivity contribution in [1.29, 1.82) is 0 Å². The summed E-state index contributed by atoms with van der Waals surface area (Å²) in [5.41, 5.74) is 0.00302. The van der Waals surface area contributed by atoms with Crippen LogP contribution in [0.1, 0.15) is 43.5 Å². The lowest BCUT2D eigenvalue weighted by Gasteiger charge is -2.34. The van der Waals surface area contributed by atoms with Gasteiger partial charge < -0.3 is 19.9 Å². The topological polar surface area (TPSA) is 84.9 Å². The van der Waals surface area contributed by atoms with Gasteiger partial charge >= 0.3 is 5.97 Å². The van der Waals surface area contributed by atoms with Crippen LogP contribution in [0, 0.1) is 11.8 Å². The largest absolute Gasteiger partial charge is 0.507 e. The molecule has 3 atom stereocenters. The van der Waals surface area contributed by atoms with Crippen molar-refractivity contribution in [2.75, 3.05) is 13.7 Å². The second kappa shape index (κ2) is 8.04. The van der Waals surface area contributed by atoms with Crippen LogP contribution in [0.5, 0.6) is 11.5 Å². The second-order valence-electron chi connectivity index (χ2n) is 6.40. The Bertz CT molecular complexity index is 601. The SMILES string of the molecule is COc1ccc(C(=O)OCC(=O)N[C@H]2CCC[C@@H](C)[C@H]2C)c(O)c1. The third-order valence-corrected chi connectivity index (χ3v) is 4.81. The highest BCUT2D eigenvalue weighted by atomic mass is 16.5. The van der Waals surface area contributed by atoms with Crippen molar-refractivity contribution in [3.05, 3.63) is 23.8 Å². The van der Waals surface area contributed by atoms with Crippen LogP contribution in [-0.2, 0) is 9.53 Å². The number of methoxy groups -OCH3 is 1. The average Bonchev–Trinajstić information content (AvgIpc) is 2.56. The first kappa shape index (κ1) is 18.1. The number of phenols is 1. The van der Waals surface area contributed by atoms with Crippen molar-refractivity contribution in [3.8, 4) is 11.5 Å². The van der Waals surface area contributed by atoms with Gasteiger partial charge in [0.25, 0.3) is 5.91 Å². The van der Waals surface area contributed by atoms with E-state index in [1.54, 1.807) is 6.07 Å². The summed E-state index contributed by atoms with van der Waals surface area (Å²) < 4.78 is 9.95. The predicted molar refractivity (Wildman–Crippen MR) is 89.1 cm³/mol. The van der Waals surface area contributed by atoms with Crippen molar-refractivity contribution >= 4 is 11.9 Å². The van der Waals surface area contributed by atoms with Gasteiger partial charge in [-0.15, -0.1) is 0 Å². The molecule has 1 amide bonds. The number of aromatic hydroxyl groups is 1. The number of carbonyl (C=O) groups is 2. The first-order chi connectivity index (χ1) is 11.4. The van der Waals surface area contributed by atoms with E-state index in [0.717, 1.165) is 12.8 Å². The van der Waals surface area contributed by atoms with Crippen LogP contribution in [0.3, 0.4) is 0 Å². The Hall–Kier alpha value is -2.24. The first-order valence-electron chi connectivity index (χ1n) is 8.26. The Balaban J connectivity index is 1.86. The minimum atomic E-state index is -0.740. The Kier molecular flexibility index (Phi) is 6.06. The minimum Gasteiger partial charge on any atom is -0.507 e. The van der Waals surface area contributed by atoms with Gasteiger partial charge in [-0.2, -0.15) is 0 Å². The van der Waals surface area contributed by atoms with Crippen LogP contribution in [0.15, 0.2) is 18.2 Å². The summed E-state index contributed by atoms with van der Waals surface area (Å²) in [6.45, 7) is 3.97. The number of ether oxygens (including phenoxy) is 2. The van der Waals surface area contributed by atoms with Crippen LogP contribution in [0.4, 0.5) is 0 Å². The van der Waals surface area contributed by atoms with E-state index in [1.807, 2.05) is 0 Å². The van der Waals surface area contributed by atoms with Gasteiger partial charge in [0.15, 0.2) is 6.61 Å². The van der Waals surface area contributed by atoms with E-state index in [4.69, 9.17) is 9.47 Å². The quantitative estimate of drug-likeness (QED) is 0.808. The number of carbonyl (C=O) groups excluding carboxylic acids is 2. The maximum absolute atomic E-state index is 12.0. The monoisotopic (exact) mass is 335 g/mol. The van der Waals surface area contributed by atoms with Gasteiger partial charge in [0, 0.05) is 12.1 Å². The number of esters is 1. The van der Waals surface area contributed by atoms with Gasteiger partial charge in [-0.25, -0.2) is 4.79 Å². The van der Waals surface area contributed by atoms with Crippen molar-refractivity contribution < 1.29 is 24.2 Å². The van der Waals surface area contributed by atoms with Crippen LogP contribution in [0.2, 0.25) is 0 Å². The molecule has 2 N–H and O–H groups in total. The molecular formula is C18H25NO5. The number of benzene rings is 1. The average molecular weight is 335 g/mol. The van der Waals surface area contributed by atoms with Crippen LogP contribution in [-0.4, -0.2) is 36.7 Å². The summed E-state index contributed by atoms with van der Waals surface area (Å²) in [6, 6.07) is 4.39. The zero-order chi connectivity index (χ0) is 17.7. The minimum absolute atomic E-state index is 0.00302. The molecule has 0 heterocycles. The lowest BCUT2D eigenvalue weighted by Crippen LogP contribution is -2.45. The molecule has 0 radical (unpaired) electrons. The van der Waals surface area contributed by atoms with Gasteiger partial charge in [0.05, 0.1) is 7.11 Å². The number of rotatable bonds is 5. The molecule has 1 aromatic rings. The third kappa shape index (κ3) is 4.40. The van der Waals surface area contributed by atoms with E-state index in [-0.39, 0.29) is 29.9 Å². The summed E-state index contributed by atoms with van der Waals surface area (Å²) in [6.07, 6.45) is 3.22. The zero-order valence-electron chi connectivity index (χ0n) is 14.4. The van der Waals surface area contributed by atoms with E-state index >= 15 is 0 Å². The fraction of sp³-hybridized carbons (Fsp3) is 0.556. The van der Waals surface area contributed by atoms with Gasteiger partial charge in [-0.3, -0.25) is 4.79 Å². The molecule has 1 saturated carbocycles. The smallest absolute Gasteiger partial charge is 0.342 e. The third-order valence-electron chi connectivity index (χ3n) is 4.81. The summed E-state index contributed by atoms with van der Waals surface area (Å²) in [7, 11) is 1.46. The summed E-state index contributed by atoms with van der Waals surface area (Å²) in [5, 5.41) is 12.7. The van der Waals surface area contributed by atoms with E-state index in [2.05, 4.69) is 19.2 Å². The molecule has 1 aromatic carbocycles. The lowest BCUT2D eigenvalue weighted by molar-refractivity contribution is -0.125. The Morgan fingerprint density at radius 3 is 2.71 bits per heavy atom. The molecule has 0 unspecified atom stereocenters. The van der Waals surface area contributed by atoms with Crippen LogP contribution < -0.4 is 10.1 Å². The first-order valence-corrected chi connectivity index (χ1v) is 8.26. The molecule has 0 bridgehead atoms. The predicted octanol–water partition coefficient (Wildman–Crippen LogP) is 2.50. The normalized spacial score (nSPS) is 23.4. The summed E-state index contributed by atoms with van der Waals surface area (Å²) in [5.74, 6) is 0.112. The molecule has 6 heteroatoms. The maximum Gasteiger partial charge on any atom is 0.342 e. The highest BCUT2D eigenvalue weighted by Gasteiger charge is 2.28. The molecule has 1 aliphatic rings. The molecule has 132 valence electrons. The van der Waals surface area contributed by atoms with E-state index in [0.29, 0.717) is 17.6 Å². The number of hydrogen-bond acceptors (Lipinski definition) is 5. The Morgan fingerprint density at radius 2 is 2.04 bits per heavy atom. The number of phenolic OH excluding ortho intramolecular Hbond substituents is 1. The van der Waals surface area contributed by atoms with Crippen molar-refractivity contribution in [2.24, 2.45) is 11.8 Å². The van der Waals surface area contributed by atoms with Crippen LogP contribution in [0.25, 0.3) is 0 Å². The van der Waals surface area contributed by atoms with Crippen LogP contribution >= 0.6 is 0 Å². The van der Waals surface area contributed by atoms with E-state index in [9.17, 15) is 14.7 Å². The van der Waals surface area contributed by atoms with Crippen molar-refractivity contribution in [1.82, 2.24) is 5.32 Å². The standard InChI is InChI=1S/C18H25NO5/c1-11-5-4-6-15(12(11)2)19-17(21)10-24-18(22)14-8-7-13(23-3)9-16(14)20/h7-9,11-12,15,20H,4-6,10H2,1-3H3,(H,19,21)/t11-,12-,15+/m1/s1. The molecule has 1 aliphatic carbocycles. The molecule has 2 rings (SSSR count). The summed E-state index contributed by atoms with van der Waals surface area (Å²) >= 11 is 0. The molecular weight excluding hydrogens is 310 g/mol. The maximum atomic E-state index is 12.0. The highest BCUT2D eigenvalue weighted by molar-refractivity contribution is 5.94. The number of amides is 1. The lowest BCUT2D eigenvalue weighted by atomic mass is 9.78. The van der Waals surface area contributed by atoms with Gasteiger partial charge in [0.1, 0.15) is 17.1 Å². The Labute approximate surface area is 142 Å². The molecule has 0 spiro atoms. The van der Waals surface area contributed by atoms with E-state index in [1.165, 1.54) is 25.7 Å². The molecule has 1 fully saturated rings. The second-order valence-corrected chi connectivity index (χ2v) is 6.40. The molecule has 0 aliphatic heterocycles. The van der Waals surface area contributed by atoms with Crippen molar-refractivity contribution in [2.45, 2.75) is 39.2 Å². The molecule has 24 heavy (non-hydrogen) atoms. The fourth-order valence-corrected chi connectivity index (χ4v) is 3.05. The number of hydrogen-bond donors (Lipinski definition) is 2. The molecule has 0 aromatic heterocycles. The Morgan fingerprint density at radius 1 is 1.29 bits per heavy atom. The highest BCUT2D eigenvalue weighted by Crippen LogP contribution is 2.29. The molecule has 0 saturated heterocycles. The molecule has 6 nitrogen and oxygen atoms in total. The fourth-order valence-electron chi connectivity index (χ4n) is 3.05. The summed E-state index contributed by atoms with van der Waals surface area (Å²) in [4.78, 5) is 24.0. The number of nitrogens with one attached hydrogen (secondary N) is 1. The van der Waals surface area contributed by atoms with Crippen molar-refractivity contribution in [3.63, 3.8) is 0 Å². The van der Waals surface area contributed by atoms with Gasteiger partial charge in [0.2, 0.25) is 0 Å². The van der Waals surface area contributed by atoms with Gasteiger partial charge in [-0.05, 0) is 30.4 Å².